The first-order valence-electron chi connectivity index (χ1n) is 6.33. The monoisotopic (exact) mass is 315 g/mol. The van der Waals surface area contributed by atoms with E-state index in [0.717, 1.165) is 0 Å². The molecule has 118 valence electrons. The maximum Gasteiger partial charge on any atom is 0.254 e. The minimum absolute atomic E-state index is 0.0439. The highest BCUT2D eigenvalue weighted by Crippen LogP contribution is 2.19. The molecule has 2 rings (SSSR count). The molecule has 1 amide bonds. The molecule has 0 radical (unpaired) electrons. The smallest absolute Gasteiger partial charge is 0.254 e. The van der Waals surface area contributed by atoms with Crippen molar-refractivity contribution in [2.24, 2.45) is 0 Å². The first-order valence-corrected chi connectivity index (χ1v) is 6.33. The van der Waals surface area contributed by atoms with Gasteiger partial charge in [0.2, 0.25) is 0 Å². The Morgan fingerprint density at radius 3 is 2.50 bits per heavy atom. The van der Waals surface area contributed by atoms with Crippen LogP contribution in [0.4, 0.5) is 17.6 Å². The van der Waals surface area contributed by atoms with Crippen LogP contribution in [0.2, 0.25) is 0 Å². The van der Waals surface area contributed by atoms with Gasteiger partial charge in [-0.3, -0.25) is 4.79 Å². The van der Waals surface area contributed by atoms with Gasteiger partial charge in [-0.2, -0.15) is 0 Å². The van der Waals surface area contributed by atoms with Crippen LogP contribution in [-0.4, -0.2) is 22.0 Å². The summed E-state index contributed by atoms with van der Waals surface area (Å²) in [7, 11) is 0. The van der Waals surface area contributed by atoms with Gasteiger partial charge in [0.05, 0.1) is 17.4 Å². The number of nitrogens with one attached hydrogen (secondary N) is 1. The summed E-state index contributed by atoms with van der Waals surface area (Å²) in [6.45, 7) is 3.59. The lowest BCUT2D eigenvalue weighted by Gasteiger charge is -2.26. The second kappa shape index (κ2) is 5.78. The van der Waals surface area contributed by atoms with Crippen LogP contribution in [0.25, 0.3) is 0 Å². The largest absolute Gasteiger partial charge is 0.350 e. The van der Waals surface area contributed by atoms with E-state index in [-0.39, 0.29) is 6.54 Å². The van der Waals surface area contributed by atoms with Crippen molar-refractivity contribution in [1.29, 1.82) is 0 Å². The van der Waals surface area contributed by atoms with Gasteiger partial charge in [0, 0.05) is 18.9 Å². The minimum Gasteiger partial charge on any atom is -0.350 e. The fourth-order valence-electron chi connectivity index (χ4n) is 1.84. The summed E-state index contributed by atoms with van der Waals surface area (Å²) >= 11 is 0. The molecule has 1 aromatic carbocycles. The zero-order chi connectivity index (χ0) is 16.5. The summed E-state index contributed by atoms with van der Waals surface area (Å²) in [5.41, 5.74) is -1.49. The standard InChI is InChI=1S/C14H13F4N3O/c1-14(2,21-4-3-19-7-21)6-20-13(22)8-5-9(15)11(17)12(18)10(8)16/h3-5,7H,6H2,1-2H3,(H,20,22). The van der Waals surface area contributed by atoms with Crippen molar-refractivity contribution in [3.05, 3.63) is 53.6 Å². The molecule has 0 aliphatic carbocycles. The molecule has 0 spiro atoms. The molecule has 0 fully saturated rings. The van der Waals surface area contributed by atoms with Crippen LogP contribution in [0.1, 0.15) is 24.2 Å². The van der Waals surface area contributed by atoms with Gasteiger partial charge in [0.15, 0.2) is 23.3 Å². The third kappa shape index (κ3) is 2.95. The first kappa shape index (κ1) is 16.0. The third-order valence-corrected chi connectivity index (χ3v) is 3.23. The van der Waals surface area contributed by atoms with Crippen molar-refractivity contribution < 1.29 is 22.4 Å². The predicted octanol–water partition coefficient (Wildman–Crippen LogP) is 2.60. The molecule has 1 N–H and O–H groups in total. The van der Waals surface area contributed by atoms with Gasteiger partial charge in [-0.05, 0) is 19.9 Å². The Morgan fingerprint density at radius 2 is 1.91 bits per heavy atom. The number of benzene rings is 1. The molecule has 0 atom stereocenters. The Bertz CT molecular complexity index is 699. The fraction of sp³-hybridized carbons (Fsp3) is 0.286. The number of amides is 1. The molecule has 8 heteroatoms. The topological polar surface area (TPSA) is 46.9 Å². The van der Waals surface area contributed by atoms with Crippen LogP contribution < -0.4 is 5.32 Å². The summed E-state index contributed by atoms with van der Waals surface area (Å²) in [4.78, 5) is 15.7. The van der Waals surface area contributed by atoms with Crippen molar-refractivity contribution in [1.82, 2.24) is 14.9 Å². The van der Waals surface area contributed by atoms with E-state index in [2.05, 4.69) is 10.3 Å². The predicted molar refractivity (Wildman–Crippen MR) is 70.2 cm³/mol. The molecule has 4 nitrogen and oxygen atoms in total. The highest BCUT2D eigenvalue weighted by Gasteiger charge is 2.25. The van der Waals surface area contributed by atoms with E-state index in [0.29, 0.717) is 6.07 Å². The lowest BCUT2D eigenvalue weighted by Crippen LogP contribution is -2.40. The number of aromatic nitrogens is 2. The Kier molecular flexibility index (Phi) is 4.20. The Morgan fingerprint density at radius 1 is 1.23 bits per heavy atom. The molecular weight excluding hydrogens is 302 g/mol. The zero-order valence-corrected chi connectivity index (χ0v) is 11.8. The van der Waals surface area contributed by atoms with Gasteiger partial charge < -0.3 is 9.88 Å². The van der Waals surface area contributed by atoms with Crippen molar-refractivity contribution in [2.45, 2.75) is 19.4 Å². The molecule has 0 saturated carbocycles. The lowest BCUT2D eigenvalue weighted by molar-refractivity contribution is 0.0931. The molecule has 0 aliphatic heterocycles. The average molecular weight is 315 g/mol. The number of halogens is 4. The van der Waals surface area contributed by atoms with Crippen molar-refractivity contribution in [3.8, 4) is 0 Å². The van der Waals surface area contributed by atoms with Crippen LogP contribution >= 0.6 is 0 Å². The number of carbonyl (C=O) groups is 1. The normalized spacial score (nSPS) is 11.5. The molecule has 0 aliphatic rings. The molecule has 0 unspecified atom stereocenters. The Hall–Kier alpha value is -2.38. The highest BCUT2D eigenvalue weighted by molar-refractivity contribution is 5.94. The van der Waals surface area contributed by atoms with E-state index in [4.69, 9.17) is 0 Å². The molecule has 0 saturated heterocycles. The third-order valence-electron chi connectivity index (χ3n) is 3.23. The number of hydrogen-bond acceptors (Lipinski definition) is 2. The SMILES string of the molecule is CC(C)(CNC(=O)c1cc(F)c(F)c(F)c1F)n1ccnc1. The van der Waals surface area contributed by atoms with Crippen LogP contribution in [0.15, 0.2) is 24.8 Å². The van der Waals surface area contributed by atoms with Gasteiger partial charge in [0.25, 0.3) is 5.91 Å². The summed E-state index contributed by atoms with van der Waals surface area (Å²) in [5, 5.41) is 2.36. The Labute approximate surface area is 123 Å². The second-order valence-corrected chi connectivity index (χ2v) is 5.31. The number of imidazole rings is 1. The van der Waals surface area contributed by atoms with Gasteiger partial charge >= 0.3 is 0 Å². The summed E-state index contributed by atoms with van der Waals surface area (Å²) in [5.74, 6) is -8.36. The number of rotatable bonds is 4. The van der Waals surface area contributed by atoms with Gasteiger partial charge in [0.1, 0.15) is 0 Å². The Balaban J connectivity index is 2.17. The summed E-state index contributed by atoms with van der Waals surface area (Å²) in [6.07, 6.45) is 4.75. The van der Waals surface area contributed by atoms with Gasteiger partial charge in [-0.15, -0.1) is 0 Å². The van der Waals surface area contributed by atoms with E-state index in [1.807, 2.05) is 0 Å². The van der Waals surface area contributed by atoms with Crippen LogP contribution in [0.5, 0.6) is 0 Å². The van der Waals surface area contributed by atoms with Crippen molar-refractivity contribution in [2.75, 3.05) is 6.54 Å². The van der Waals surface area contributed by atoms with Crippen LogP contribution in [-0.2, 0) is 5.54 Å². The van der Waals surface area contributed by atoms with E-state index >= 15 is 0 Å². The number of carbonyl (C=O) groups excluding carboxylic acids is 1. The highest BCUT2D eigenvalue weighted by atomic mass is 19.2. The molecular formula is C14H13F4N3O. The van der Waals surface area contributed by atoms with Gasteiger partial charge in [-0.1, -0.05) is 0 Å². The summed E-state index contributed by atoms with van der Waals surface area (Å²) in [6, 6.07) is 0.327. The molecule has 2 aromatic rings. The lowest BCUT2D eigenvalue weighted by atomic mass is 10.1. The van der Waals surface area contributed by atoms with Crippen LogP contribution in [0, 0.1) is 23.3 Å². The van der Waals surface area contributed by atoms with E-state index in [9.17, 15) is 22.4 Å². The van der Waals surface area contributed by atoms with Crippen molar-refractivity contribution in [3.63, 3.8) is 0 Å². The fourth-order valence-corrected chi connectivity index (χ4v) is 1.84. The average Bonchev–Trinajstić information content (AvgIpc) is 3.01. The maximum atomic E-state index is 13.5. The van der Waals surface area contributed by atoms with E-state index in [1.165, 1.54) is 6.33 Å². The zero-order valence-electron chi connectivity index (χ0n) is 11.8. The van der Waals surface area contributed by atoms with Gasteiger partial charge in [-0.25, -0.2) is 22.5 Å². The molecule has 1 aromatic heterocycles. The minimum atomic E-state index is -2.01. The quantitative estimate of drug-likeness (QED) is 0.535. The second-order valence-electron chi connectivity index (χ2n) is 5.31. The van der Waals surface area contributed by atoms with Crippen LogP contribution in [0.3, 0.4) is 0 Å². The number of nitrogens with zero attached hydrogens (tertiary/aromatic N) is 2. The molecule has 1 heterocycles. The van der Waals surface area contributed by atoms with E-state index < -0.39 is 40.3 Å². The molecule has 22 heavy (non-hydrogen) atoms. The van der Waals surface area contributed by atoms with E-state index in [1.54, 1.807) is 30.8 Å². The molecule has 0 bridgehead atoms. The van der Waals surface area contributed by atoms with Crippen molar-refractivity contribution >= 4 is 5.91 Å². The first-order chi connectivity index (χ1) is 10.2. The maximum absolute atomic E-state index is 13.5. The summed E-state index contributed by atoms with van der Waals surface area (Å²) < 4.78 is 54.3. The number of hydrogen-bond donors (Lipinski definition) is 1.